The van der Waals surface area contributed by atoms with Crippen molar-refractivity contribution in [1.82, 2.24) is 0 Å². The van der Waals surface area contributed by atoms with Gasteiger partial charge in [-0.3, -0.25) is 0 Å². The number of carbonyl (C=O) groups is 1. The van der Waals surface area contributed by atoms with Crippen LogP contribution in [-0.4, -0.2) is 25.2 Å². The monoisotopic (exact) mass is 278 g/mol. The van der Waals surface area contributed by atoms with Crippen LogP contribution >= 0.6 is 11.6 Å². The Morgan fingerprint density at radius 1 is 1.47 bits per heavy atom. The molecule has 0 saturated heterocycles. The molecular weight excluding hydrogens is 271 g/mol. The predicted octanol–water partition coefficient (Wildman–Crippen LogP) is 2.05. The first kappa shape index (κ1) is 13.7. The quantitative estimate of drug-likeness (QED) is 0.856. The minimum Gasteiger partial charge on any atom is -0.478 e. The van der Waals surface area contributed by atoms with Gasteiger partial charge in [-0.25, -0.2) is 17.6 Å². The van der Waals surface area contributed by atoms with E-state index < -0.39 is 27.2 Å². The van der Waals surface area contributed by atoms with Crippen LogP contribution in [0.3, 0.4) is 0 Å². The summed E-state index contributed by atoms with van der Waals surface area (Å²) in [5, 5.41) is 8.66. The molecule has 1 aromatic carbocycles. The van der Waals surface area contributed by atoms with Crippen LogP contribution < -0.4 is 0 Å². The number of benzene rings is 1. The number of sulfone groups is 1. The number of rotatable bonds is 4. The van der Waals surface area contributed by atoms with Crippen LogP contribution in [0.4, 0.5) is 4.39 Å². The Hall–Kier alpha value is -1.40. The van der Waals surface area contributed by atoms with E-state index >= 15 is 0 Å². The molecule has 7 heteroatoms. The number of carboxylic acid groups (broad SMARTS) is 1. The van der Waals surface area contributed by atoms with E-state index in [1.165, 1.54) is 6.08 Å². The average Bonchev–Trinajstić information content (AvgIpc) is 2.26. The van der Waals surface area contributed by atoms with Crippen molar-refractivity contribution in [2.45, 2.75) is 4.90 Å². The lowest BCUT2D eigenvalue weighted by molar-refractivity contribution is 0.0691. The Morgan fingerprint density at radius 3 is 2.65 bits per heavy atom. The molecule has 0 aliphatic rings. The number of halogens is 2. The van der Waals surface area contributed by atoms with Gasteiger partial charge in [-0.15, -0.1) is 0 Å². The molecule has 0 radical (unpaired) electrons. The van der Waals surface area contributed by atoms with Crippen molar-refractivity contribution >= 4 is 27.4 Å². The average molecular weight is 279 g/mol. The SMILES string of the molecule is O=C(O)c1cc(S(=O)(=O)C/C=C/Cl)ccc1F. The lowest BCUT2D eigenvalue weighted by atomic mass is 10.2. The molecule has 0 aliphatic heterocycles. The molecule has 92 valence electrons. The second-order valence-corrected chi connectivity index (χ2v) is 5.38. The third-order valence-electron chi connectivity index (χ3n) is 1.93. The summed E-state index contributed by atoms with van der Waals surface area (Å²) < 4.78 is 36.4. The van der Waals surface area contributed by atoms with Gasteiger partial charge in [-0.2, -0.15) is 0 Å². The summed E-state index contributed by atoms with van der Waals surface area (Å²) in [7, 11) is -3.70. The third kappa shape index (κ3) is 3.28. The lowest BCUT2D eigenvalue weighted by Crippen LogP contribution is -2.08. The van der Waals surface area contributed by atoms with E-state index in [0.717, 1.165) is 23.7 Å². The highest BCUT2D eigenvalue weighted by Gasteiger charge is 2.18. The van der Waals surface area contributed by atoms with Crippen LogP contribution in [0.2, 0.25) is 0 Å². The van der Waals surface area contributed by atoms with Crippen molar-refractivity contribution in [3.63, 3.8) is 0 Å². The summed E-state index contributed by atoms with van der Waals surface area (Å²) in [6.45, 7) is 0. The van der Waals surface area contributed by atoms with Gasteiger partial charge in [0.25, 0.3) is 0 Å². The Morgan fingerprint density at radius 2 is 2.12 bits per heavy atom. The van der Waals surface area contributed by atoms with Gasteiger partial charge in [0.2, 0.25) is 0 Å². The van der Waals surface area contributed by atoms with Crippen molar-refractivity contribution < 1.29 is 22.7 Å². The highest BCUT2D eigenvalue weighted by Crippen LogP contribution is 2.16. The molecule has 0 amide bonds. The Bertz CT molecular complexity index is 566. The van der Waals surface area contributed by atoms with Crippen LogP contribution in [0.1, 0.15) is 10.4 Å². The first-order valence-corrected chi connectivity index (χ1v) is 6.48. The summed E-state index contributed by atoms with van der Waals surface area (Å²) in [5.41, 5.74) is 0.361. The molecule has 1 aromatic rings. The molecule has 1 N–H and O–H groups in total. The standard InChI is InChI=1S/C10H8ClFO4S/c11-4-1-5-17(15,16)7-2-3-9(12)8(6-7)10(13)14/h1-4,6H,5H2,(H,13,14)/b4-1+. The molecular formula is C10H8ClFO4S. The molecule has 4 nitrogen and oxygen atoms in total. The van der Waals surface area contributed by atoms with Gasteiger partial charge < -0.3 is 5.11 Å². The van der Waals surface area contributed by atoms with Gasteiger partial charge in [0.15, 0.2) is 9.84 Å². The first-order valence-electron chi connectivity index (χ1n) is 4.39. The zero-order chi connectivity index (χ0) is 13.1. The minimum atomic E-state index is -3.70. The van der Waals surface area contributed by atoms with Crippen LogP contribution in [0.25, 0.3) is 0 Å². The first-order chi connectivity index (χ1) is 7.88. The molecule has 0 unspecified atom stereocenters. The molecule has 0 atom stereocenters. The molecule has 0 fully saturated rings. The molecule has 0 bridgehead atoms. The maximum atomic E-state index is 13.0. The van der Waals surface area contributed by atoms with E-state index in [1.807, 2.05) is 0 Å². The van der Waals surface area contributed by atoms with E-state index in [4.69, 9.17) is 16.7 Å². The Kier molecular flexibility index (Phi) is 4.25. The normalized spacial score (nSPS) is 11.9. The second kappa shape index (κ2) is 5.29. The molecule has 0 aromatic heterocycles. The zero-order valence-electron chi connectivity index (χ0n) is 8.43. The van der Waals surface area contributed by atoms with Gasteiger partial charge in [-0.05, 0) is 18.2 Å². The van der Waals surface area contributed by atoms with Crippen molar-refractivity contribution in [3.05, 3.63) is 41.2 Å². The van der Waals surface area contributed by atoms with Gasteiger partial charge in [-0.1, -0.05) is 17.7 Å². The summed E-state index contributed by atoms with van der Waals surface area (Å²) in [6, 6.07) is 2.61. The molecule has 17 heavy (non-hydrogen) atoms. The Balaban J connectivity index is 3.25. The van der Waals surface area contributed by atoms with Gasteiger partial charge in [0.05, 0.1) is 16.2 Å². The highest BCUT2D eigenvalue weighted by molar-refractivity contribution is 7.91. The zero-order valence-corrected chi connectivity index (χ0v) is 10.0. The molecule has 0 spiro atoms. The van der Waals surface area contributed by atoms with Crippen molar-refractivity contribution in [1.29, 1.82) is 0 Å². The van der Waals surface area contributed by atoms with Crippen LogP contribution in [-0.2, 0) is 9.84 Å². The lowest BCUT2D eigenvalue weighted by Gasteiger charge is -2.03. The topological polar surface area (TPSA) is 71.4 Å². The molecule has 0 aliphatic carbocycles. The smallest absolute Gasteiger partial charge is 0.338 e. The number of carboxylic acids is 1. The van der Waals surface area contributed by atoms with E-state index in [9.17, 15) is 17.6 Å². The molecule has 1 rings (SSSR count). The number of hydrogen-bond donors (Lipinski definition) is 1. The second-order valence-electron chi connectivity index (χ2n) is 3.09. The number of hydrogen-bond acceptors (Lipinski definition) is 3. The van der Waals surface area contributed by atoms with Gasteiger partial charge in [0.1, 0.15) is 5.82 Å². The van der Waals surface area contributed by atoms with Crippen molar-refractivity contribution in [2.24, 2.45) is 0 Å². The van der Waals surface area contributed by atoms with Crippen LogP contribution in [0.5, 0.6) is 0 Å². The third-order valence-corrected chi connectivity index (χ3v) is 3.71. The van der Waals surface area contributed by atoms with E-state index in [2.05, 4.69) is 0 Å². The fraction of sp³-hybridized carbons (Fsp3) is 0.100. The fourth-order valence-corrected chi connectivity index (χ4v) is 2.43. The van der Waals surface area contributed by atoms with Crippen LogP contribution in [0.15, 0.2) is 34.7 Å². The number of aromatic carboxylic acids is 1. The predicted molar refractivity (Wildman–Crippen MR) is 60.4 cm³/mol. The van der Waals surface area contributed by atoms with Gasteiger partial charge in [0, 0.05) is 5.54 Å². The summed E-state index contributed by atoms with van der Waals surface area (Å²) in [4.78, 5) is 10.4. The van der Waals surface area contributed by atoms with E-state index in [-0.39, 0.29) is 10.6 Å². The Labute approximate surface area is 102 Å². The summed E-state index contributed by atoms with van der Waals surface area (Å²) in [6.07, 6.45) is 1.20. The fourth-order valence-electron chi connectivity index (χ4n) is 1.12. The maximum absolute atomic E-state index is 13.0. The van der Waals surface area contributed by atoms with Crippen molar-refractivity contribution in [2.75, 3.05) is 5.75 Å². The highest BCUT2D eigenvalue weighted by atomic mass is 35.5. The summed E-state index contributed by atoms with van der Waals surface area (Å²) >= 11 is 5.20. The van der Waals surface area contributed by atoms with Gasteiger partial charge >= 0.3 is 5.97 Å². The largest absolute Gasteiger partial charge is 0.478 e. The minimum absolute atomic E-state index is 0.258. The molecule has 0 heterocycles. The summed E-state index contributed by atoms with van der Waals surface area (Å²) in [5.74, 6) is -2.88. The molecule has 0 saturated carbocycles. The van der Waals surface area contributed by atoms with Crippen molar-refractivity contribution in [3.8, 4) is 0 Å². The van der Waals surface area contributed by atoms with E-state index in [1.54, 1.807) is 0 Å². The maximum Gasteiger partial charge on any atom is 0.338 e. The van der Waals surface area contributed by atoms with E-state index in [0.29, 0.717) is 0 Å². The van der Waals surface area contributed by atoms with Crippen LogP contribution in [0, 0.1) is 5.82 Å².